The third kappa shape index (κ3) is 6.67. The Hall–Kier alpha value is -6.00. The van der Waals surface area contributed by atoms with Crippen LogP contribution in [0.5, 0.6) is 0 Å². The van der Waals surface area contributed by atoms with Gasteiger partial charge in [-0.25, -0.2) is 0 Å². The summed E-state index contributed by atoms with van der Waals surface area (Å²) in [5.41, 5.74) is 24.2. The van der Waals surface area contributed by atoms with Crippen LogP contribution in [0.2, 0.25) is 0 Å². The van der Waals surface area contributed by atoms with Gasteiger partial charge in [0.1, 0.15) is 0 Å². The summed E-state index contributed by atoms with van der Waals surface area (Å²) in [4.78, 5) is 5.34. The van der Waals surface area contributed by atoms with E-state index in [4.69, 9.17) is 0 Å². The van der Waals surface area contributed by atoms with Gasteiger partial charge in [-0.3, -0.25) is 0 Å². The molecule has 0 atom stereocenters. The molecule has 7 aromatic carbocycles. The fourth-order valence-electron chi connectivity index (χ4n) is 13.2. The van der Waals surface area contributed by atoms with Crippen LogP contribution < -0.4 is 26.2 Å². The van der Waals surface area contributed by atoms with Crippen LogP contribution in [0.15, 0.2) is 133 Å². The van der Waals surface area contributed by atoms with Crippen molar-refractivity contribution in [2.75, 3.05) is 9.80 Å². The molecular weight excluding hydrogens is 846 g/mol. The molecule has 3 nitrogen and oxygen atoms in total. The van der Waals surface area contributed by atoms with Crippen LogP contribution in [-0.4, -0.2) is 11.3 Å². The van der Waals surface area contributed by atoms with E-state index in [0.717, 1.165) is 12.8 Å². The van der Waals surface area contributed by atoms with E-state index in [9.17, 15) is 0 Å². The van der Waals surface area contributed by atoms with Crippen LogP contribution in [-0.2, 0) is 32.5 Å². The first-order chi connectivity index (χ1) is 32.9. The predicted octanol–water partition coefficient (Wildman–Crippen LogP) is 16.2. The van der Waals surface area contributed by atoms with Crippen LogP contribution in [0.1, 0.15) is 156 Å². The summed E-state index contributed by atoms with van der Waals surface area (Å²) in [7, 11) is 0. The molecule has 354 valence electrons. The highest BCUT2D eigenvalue weighted by Crippen LogP contribution is 2.53. The minimum absolute atomic E-state index is 0.00896. The molecule has 0 bridgehead atoms. The molecular formula is C66H72BN3. The molecule has 1 aromatic heterocycles. The summed E-state index contributed by atoms with van der Waals surface area (Å²) >= 11 is 0. The molecule has 0 spiro atoms. The monoisotopic (exact) mass is 918 g/mol. The summed E-state index contributed by atoms with van der Waals surface area (Å²) in [6, 6.07) is 52.9. The van der Waals surface area contributed by atoms with E-state index in [1.807, 2.05) is 0 Å². The smallest absolute Gasteiger partial charge is 0.252 e. The summed E-state index contributed by atoms with van der Waals surface area (Å²) in [6.45, 7) is 33.9. The van der Waals surface area contributed by atoms with Crippen molar-refractivity contribution in [1.29, 1.82) is 0 Å². The summed E-state index contributed by atoms with van der Waals surface area (Å²) in [5, 5.41) is 2.55. The van der Waals surface area contributed by atoms with Crippen LogP contribution >= 0.6 is 0 Å². The lowest BCUT2D eigenvalue weighted by Gasteiger charge is -2.49. The van der Waals surface area contributed by atoms with Gasteiger partial charge in [-0.15, -0.1) is 0 Å². The molecule has 0 N–H and O–H groups in total. The molecule has 8 aromatic rings. The number of benzene rings is 7. The number of fused-ring (bicyclic) bond motifs is 9. The highest BCUT2D eigenvalue weighted by atomic mass is 15.2. The fraction of sp³-hybridized carbons (Fsp3) is 0.364. The summed E-state index contributed by atoms with van der Waals surface area (Å²) < 4.78 is 2.54. The minimum Gasteiger partial charge on any atom is -0.311 e. The zero-order valence-electron chi connectivity index (χ0n) is 44.4. The van der Waals surface area contributed by atoms with E-state index in [1.165, 1.54) is 124 Å². The lowest BCUT2D eigenvalue weighted by atomic mass is 9.32. The summed E-state index contributed by atoms with van der Waals surface area (Å²) in [6.07, 6.45) is 4.67. The lowest BCUT2D eigenvalue weighted by Crippen LogP contribution is -2.62. The second-order valence-electron chi connectivity index (χ2n) is 26.4. The number of anilines is 6. The molecule has 2 aliphatic carbocycles. The Morgan fingerprint density at radius 3 is 1.09 bits per heavy atom. The van der Waals surface area contributed by atoms with Crippen LogP contribution in [0.25, 0.3) is 27.5 Å². The first-order valence-electron chi connectivity index (χ1n) is 26.3. The third-order valence-corrected chi connectivity index (χ3v) is 17.8. The largest absolute Gasteiger partial charge is 0.311 e. The third-order valence-electron chi connectivity index (χ3n) is 17.8. The van der Waals surface area contributed by atoms with Gasteiger partial charge in [0.25, 0.3) is 6.71 Å². The second-order valence-corrected chi connectivity index (χ2v) is 26.4. The fourth-order valence-corrected chi connectivity index (χ4v) is 13.2. The Bertz CT molecular complexity index is 3230. The molecule has 0 saturated carbocycles. The van der Waals surface area contributed by atoms with Gasteiger partial charge in [0.05, 0.1) is 16.7 Å². The van der Waals surface area contributed by atoms with Crippen LogP contribution in [0.4, 0.5) is 34.1 Å². The Balaban J connectivity index is 1.26. The molecule has 12 rings (SSSR count). The normalized spacial score (nSPS) is 18.3. The van der Waals surface area contributed by atoms with E-state index in [0.29, 0.717) is 0 Å². The Kier molecular flexibility index (Phi) is 9.54. The Morgan fingerprint density at radius 2 is 0.729 bits per heavy atom. The van der Waals surface area contributed by atoms with Crippen molar-refractivity contribution < 1.29 is 0 Å². The van der Waals surface area contributed by atoms with Crippen LogP contribution in [0.3, 0.4) is 0 Å². The van der Waals surface area contributed by atoms with Gasteiger partial charge < -0.3 is 14.4 Å². The number of hydrogen-bond acceptors (Lipinski definition) is 2. The van der Waals surface area contributed by atoms with Crippen molar-refractivity contribution in [3.8, 4) is 5.69 Å². The van der Waals surface area contributed by atoms with Crippen LogP contribution in [0, 0.1) is 0 Å². The molecule has 0 fully saturated rings. The standard InChI is InChI=1S/C66H72BN3/c1-61(2,3)41-23-27-43(28-24-41)68-56-39-50-48(63(7,8)31-33-65(50,11)12)37-52(56)67-53-38-49-51(66(13,14)34-32-64(49,9)10)40-57(53)69(44-29-25-42(26-30-44)62(4,5)6)59-36-45(35-58(68)60(59)67)70-54-21-17-15-19-46(54)47-20-16-18-22-55(47)70/h15-30,35-40H,31-34H2,1-14H3. The van der Waals surface area contributed by atoms with E-state index in [1.54, 1.807) is 0 Å². The highest BCUT2D eigenvalue weighted by Gasteiger charge is 2.49. The Morgan fingerprint density at radius 1 is 0.386 bits per heavy atom. The van der Waals surface area contributed by atoms with Crippen molar-refractivity contribution in [3.63, 3.8) is 0 Å². The van der Waals surface area contributed by atoms with Crippen molar-refractivity contribution >= 4 is 79.0 Å². The summed E-state index contributed by atoms with van der Waals surface area (Å²) in [5.74, 6) is 0. The highest BCUT2D eigenvalue weighted by molar-refractivity contribution is 7.00. The zero-order chi connectivity index (χ0) is 49.2. The lowest BCUT2D eigenvalue weighted by molar-refractivity contribution is 0.332. The quantitative estimate of drug-likeness (QED) is 0.164. The predicted molar refractivity (Wildman–Crippen MR) is 303 cm³/mol. The number of para-hydroxylation sites is 2. The number of aromatic nitrogens is 1. The molecule has 0 saturated heterocycles. The molecule has 2 aliphatic heterocycles. The van der Waals surface area contributed by atoms with Gasteiger partial charge in [0, 0.05) is 44.9 Å². The van der Waals surface area contributed by atoms with Gasteiger partial charge in [0.2, 0.25) is 0 Å². The van der Waals surface area contributed by atoms with E-state index >= 15 is 0 Å². The number of rotatable bonds is 3. The van der Waals surface area contributed by atoms with Gasteiger partial charge in [-0.05, 0) is 169 Å². The van der Waals surface area contributed by atoms with E-state index in [-0.39, 0.29) is 39.2 Å². The topological polar surface area (TPSA) is 11.4 Å². The molecule has 3 heterocycles. The van der Waals surface area contributed by atoms with Gasteiger partial charge in [0.15, 0.2) is 0 Å². The maximum Gasteiger partial charge on any atom is 0.252 e. The van der Waals surface area contributed by atoms with Crippen molar-refractivity contribution in [3.05, 3.63) is 167 Å². The van der Waals surface area contributed by atoms with E-state index in [2.05, 4.69) is 245 Å². The SMILES string of the molecule is CC(C)(C)c1ccc(N2c3cc4c(cc3B3c5cc6c(cc5N(c5ccc(C(C)(C)C)cc5)c5cc(-n7c8ccccc8c8ccccc87)cc2c53)C(C)(C)CCC6(C)C)C(C)(C)CCC4(C)C)cc1. The maximum atomic E-state index is 2.70. The molecule has 0 radical (unpaired) electrons. The van der Waals surface area contributed by atoms with Gasteiger partial charge >= 0.3 is 0 Å². The second kappa shape index (κ2) is 14.8. The van der Waals surface area contributed by atoms with E-state index < -0.39 is 0 Å². The molecule has 0 unspecified atom stereocenters. The first kappa shape index (κ1) is 45.2. The van der Waals surface area contributed by atoms with Crippen molar-refractivity contribution in [2.24, 2.45) is 0 Å². The van der Waals surface area contributed by atoms with Crippen molar-refractivity contribution in [1.82, 2.24) is 4.57 Å². The molecule has 70 heavy (non-hydrogen) atoms. The molecule has 4 heteroatoms. The first-order valence-corrected chi connectivity index (χ1v) is 26.3. The number of hydrogen-bond donors (Lipinski definition) is 0. The number of nitrogens with zero attached hydrogens (tertiary/aromatic N) is 3. The minimum atomic E-state index is 0.00896. The zero-order valence-corrected chi connectivity index (χ0v) is 44.4. The van der Waals surface area contributed by atoms with Gasteiger partial charge in [-0.1, -0.05) is 170 Å². The molecule has 4 aliphatic rings. The molecule has 0 amide bonds. The average Bonchev–Trinajstić information content (AvgIpc) is 3.65. The van der Waals surface area contributed by atoms with Crippen molar-refractivity contribution in [2.45, 2.75) is 155 Å². The van der Waals surface area contributed by atoms with Gasteiger partial charge in [-0.2, -0.15) is 0 Å². The maximum absolute atomic E-state index is 2.70. The Labute approximate surface area is 419 Å². The average molecular weight is 918 g/mol.